The fraction of sp³-hybridized carbons (Fsp3) is 0.875. The van der Waals surface area contributed by atoms with Crippen LogP contribution in [-0.4, -0.2) is 143 Å². The van der Waals surface area contributed by atoms with Gasteiger partial charge in [0.2, 0.25) is 0 Å². The van der Waals surface area contributed by atoms with Crippen LogP contribution in [0.4, 0.5) is 0 Å². The zero-order valence-corrected chi connectivity index (χ0v) is 33.1. The summed E-state index contributed by atoms with van der Waals surface area (Å²) in [5.41, 5.74) is -1.04. The summed E-state index contributed by atoms with van der Waals surface area (Å²) in [5, 5.41) is 53.8. The molecule has 4 aliphatic carbocycles. The number of ether oxygens (including phenoxy) is 8. The summed E-state index contributed by atoms with van der Waals surface area (Å²) < 4.78 is 47.4. The molecule has 7 rings (SSSR count). The summed E-state index contributed by atoms with van der Waals surface area (Å²) in [4.78, 5) is 36.9. The number of fused-ring (bicyclic) bond motifs is 5. The van der Waals surface area contributed by atoms with Crippen molar-refractivity contribution in [2.24, 2.45) is 34.5 Å². The zero-order chi connectivity index (χ0) is 40.5. The number of esters is 3. The van der Waals surface area contributed by atoms with E-state index in [2.05, 4.69) is 13.8 Å². The van der Waals surface area contributed by atoms with E-state index in [-0.39, 0.29) is 41.8 Å². The molecule has 16 nitrogen and oxygen atoms in total. The quantitative estimate of drug-likeness (QED) is 0.125. The summed E-state index contributed by atoms with van der Waals surface area (Å²) in [5.74, 6) is -1.28. The number of aliphatic hydroxyl groups is 5. The molecule has 0 unspecified atom stereocenters. The van der Waals surface area contributed by atoms with Crippen molar-refractivity contribution in [3.05, 3.63) is 11.6 Å². The predicted octanol–water partition coefficient (Wildman–Crippen LogP) is 1.05. The summed E-state index contributed by atoms with van der Waals surface area (Å²) in [6.07, 6.45) is -5.76. The second kappa shape index (κ2) is 15.7. The van der Waals surface area contributed by atoms with E-state index in [4.69, 9.17) is 37.9 Å². The monoisotopic (exact) mass is 796 g/mol. The molecule has 0 bridgehead atoms. The molecule has 0 aromatic heterocycles. The largest absolute Gasteiger partial charge is 0.462 e. The lowest BCUT2D eigenvalue weighted by molar-refractivity contribution is -0.362. The first kappa shape index (κ1) is 41.9. The van der Waals surface area contributed by atoms with Crippen LogP contribution in [0, 0.1) is 34.5 Å². The number of hydrogen-bond acceptors (Lipinski definition) is 16. The normalized spacial score (nSPS) is 50.2. The molecule has 2 saturated heterocycles. The standard InChI is InChI=1S/C40H60O16/c1-18-33(56-36-32(47)31(46)30(45)27(16-41)55-36)34(49-6)35(53-20(3)43)37(51-18)54-23-9-11-38(4)22(14-23)7-8-25-24(38)10-12-39(5)29(21-13-28(44)50-17-21)26(52-19(2)42)15-40(25,39)48/h13,18,22-27,29-37,41,45-48H,7-12,14-17H2,1-6H3/t18-,22+,23-,24-,25+,26-,27+,29-,30+,31-,32+,33-,34+,35+,36-,37-,38-,39+,40-/m0/s1. The Morgan fingerprint density at radius 3 is 2.25 bits per heavy atom. The number of rotatable bonds is 9. The van der Waals surface area contributed by atoms with Gasteiger partial charge in [0.15, 0.2) is 18.7 Å². The molecule has 7 aliphatic rings. The van der Waals surface area contributed by atoms with Crippen molar-refractivity contribution in [3.8, 4) is 0 Å². The van der Waals surface area contributed by atoms with Gasteiger partial charge >= 0.3 is 17.9 Å². The summed E-state index contributed by atoms with van der Waals surface area (Å²) >= 11 is 0. The maximum atomic E-state index is 12.9. The van der Waals surface area contributed by atoms with E-state index >= 15 is 0 Å². The Labute approximate surface area is 327 Å². The van der Waals surface area contributed by atoms with Gasteiger partial charge < -0.3 is 63.4 Å². The minimum absolute atomic E-state index is 0.0272. The van der Waals surface area contributed by atoms with E-state index in [0.29, 0.717) is 19.3 Å². The molecule has 4 saturated carbocycles. The first-order valence-corrected chi connectivity index (χ1v) is 20.2. The predicted molar refractivity (Wildman–Crippen MR) is 191 cm³/mol. The Morgan fingerprint density at radius 1 is 0.875 bits per heavy atom. The average molecular weight is 797 g/mol. The number of aliphatic hydroxyl groups excluding tert-OH is 4. The van der Waals surface area contributed by atoms with Crippen LogP contribution in [0.2, 0.25) is 0 Å². The topological polar surface area (TPSA) is 226 Å². The van der Waals surface area contributed by atoms with Crippen molar-refractivity contribution in [1.29, 1.82) is 0 Å². The molecular weight excluding hydrogens is 736 g/mol. The summed E-state index contributed by atoms with van der Waals surface area (Å²) in [7, 11) is 1.42. The molecule has 0 aromatic carbocycles. The van der Waals surface area contributed by atoms with E-state index in [1.807, 2.05) is 0 Å². The highest BCUT2D eigenvalue weighted by Crippen LogP contribution is 2.70. The fourth-order valence-electron chi connectivity index (χ4n) is 12.2. The van der Waals surface area contributed by atoms with Crippen molar-refractivity contribution in [2.75, 3.05) is 20.3 Å². The third kappa shape index (κ3) is 7.02. The van der Waals surface area contributed by atoms with E-state index < -0.39 is 103 Å². The average Bonchev–Trinajstić information content (AvgIpc) is 3.66. The van der Waals surface area contributed by atoms with Crippen LogP contribution < -0.4 is 0 Å². The summed E-state index contributed by atoms with van der Waals surface area (Å²) in [6, 6.07) is 0. The molecular formula is C40H60O16. The van der Waals surface area contributed by atoms with Crippen LogP contribution in [0.25, 0.3) is 0 Å². The van der Waals surface area contributed by atoms with E-state index in [9.17, 15) is 39.9 Å². The van der Waals surface area contributed by atoms with E-state index in [1.54, 1.807) is 6.92 Å². The van der Waals surface area contributed by atoms with Gasteiger partial charge in [-0.2, -0.15) is 0 Å². The van der Waals surface area contributed by atoms with Crippen molar-refractivity contribution >= 4 is 17.9 Å². The molecule has 3 aliphatic heterocycles. The van der Waals surface area contributed by atoms with Gasteiger partial charge in [-0.05, 0) is 80.6 Å². The lowest BCUT2D eigenvalue weighted by Crippen LogP contribution is -2.65. The van der Waals surface area contributed by atoms with Gasteiger partial charge in [0, 0.05) is 44.8 Å². The lowest BCUT2D eigenvalue weighted by Gasteiger charge is -2.63. The zero-order valence-electron chi connectivity index (χ0n) is 33.1. The van der Waals surface area contributed by atoms with E-state index in [1.165, 1.54) is 27.0 Å². The van der Waals surface area contributed by atoms with Crippen LogP contribution in [-0.2, 0) is 52.3 Å². The highest BCUT2D eigenvalue weighted by molar-refractivity contribution is 5.85. The van der Waals surface area contributed by atoms with Gasteiger partial charge in [-0.25, -0.2) is 4.79 Å². The molecule has 6 fully saturated rings. The van der Waals surface area contributed by atoms with Gasteiger partial charge in [-0.1, -0.05) is 13.8 Å². The number of carbonyl (C=O) groups excluding carboxylic acids is 3. The molecule has 56 heavy (non-hydrogen) atoms. The van der Waals surface area contributed by atoms with E-state index in [0.717, 1.165) is 37.7 Å². The maximum absolute atomic E-state index is 12.9. The molecule has 16 heteroatoms. The Bertz CT molecular complexity index is 1520. The first-order valence-electron chi connectivity index (χ1n) is 20.2. The van der Waals surface area contributed by atoms with Crippen molar-refractivity contribution in [2.45, 2.75) is 165 Å². The Kier molecular flexibility index (Phi) is 11.8. The Hall–Kier alpha value is -2.25. The van der Waals surface area contributed by atoms with Crippen molar-refractivity contribution < 1.29 is 77.8 Å². The molecule has 0 spiro atoms. The van der Waals surface area contributed by atoms with Gasteiger partial charge in [-0.15, -0.1) is 0 Å². The fourth-order valence-corrected chi connectivity index (χ4v) is 12.2. The highest BCUT2D eigenvalue weighted by atomic mass is 16.8. The van der Waals surface area contributed by atoms with Crippen LogP contribution in [0.1, 0.15) is 86.0 Å². The Balaban J connectivity index is 1.05. The molecule has 3 heterocycles. The van der Waals surface area contributed by atoms with Gasteiger partial charge in [0.25, 0.3) is 0 Å². The van der Waals surface area contributed by atoms with Gasteiger partial charge in [-0.3, -0.25) is 9.59 Å². The maximum Gasteiger partial charge on any atom is 0.331 e. The first-order chi connectivity index (χ1) is 26.4. The SMILES string of the molecule is CO[C@@H]1[C@@H](O[C@@H]2O[C@H](CO)[C@@H](O)[C@H](O)[C@H]2O)[C@H](C)O[C@@H](O[C@H]2CC[C@@]3(C)[C@H](CC[C@@H]4[C@@H]3CC[C@]3(C)[C@@H](C5=CC(=O)OC5)[C@@H](OC(C)=O)C[C@]43O)C2)[C@@H]1OC(C)=O. The molecule has 5 N–H and O–H groups in total. The van der Waals surface area contributed by atoms with Crippen LogP contribution >= 0.6 is 0 Å². The van der Waals surface area contributed by atoms with Gasteiger partial charge in [0.1, 0.15) is 49.3 Å². The number of carbonyl (C=O) groups is 3. The third-order valence-corrected chi connectivity index (χ3v) is 15.0. The van der Waals surface area contributed by atoms with Crippen molar-refractivity contribution in [1.82, 2.24) is 0 Å². The second-order valence-corrected chi connectivity index (χ2v) is 17.8. The van der Waals surface area contributed by atoms with Crippen LogP contribution in [0.3, 0.4) is 0 Å². The Morgan fingerprint density at radius 2 is 1.61 bits per heavy atom. The molecule has 19 atom stereocenters. The van der Waals surface area contributed by atoms with Gasteiger partial charge in [0.05, 0.1) is 24.4 Å². The summed E-state index contributed by atoms with van der Waals surface area (Å²) in [6.45, 7) is 8.31. The third-order valence-electron chi connectivity index (χ3n) is 15.0. The van der Waals surface area contributed by atoms with Crippen LogP contribution in [0.15, 0.2) is 11.6 Å². The van der Waals surface area contributed by atoms with Crippen molar-refractivity contribution in [3.63, 3.8) is 0 Å². The number of methoxy groups -OCH3 is 1. The number of hydrogen-bond donors (Lipinski definition) is 5. The molecule has 0 aromatic rings. The van der Waals surface area contributed by atoms with Crippen LogP contribution in [0.5, 0.6) is 0 Å². The minimum atomic E-state index is -1.65. The highest BCUT2D eigenvalue weighted by Gasteiger charge is 2.71. The second-order valence-electron chi connectivity index (χ2n) is 17.8. The molecule has 316 valence electrons. The smallest absolute Gasteiger partial charge is 0.331 e. The lowest BCUT2D eigenvalue weighted by atomic mass is 9.43. The minimum Gasteiger partial charge on any atom is -0.462 e. The molecule has 0 amide bonds. The molecule has 0 radical (unpaired) electrons. The number of cyclic esters (lactones) is 1.